The Morgan fingerprint density at radius 3 is 2.44 bits per heavy atom. The van der Waals surface area contributed by atoms with Crippen molar-refractivity contribution in [1.29, 1.82) is 0 Å². The van der Waals surface area contributed by atoms with Crippen LogP contribution in [0.15, 0.2) is 28.8 Å². The number of aryl methyl sites for hydroxylation is 3. The largest absolute Gasteiger partial charge is 0.361 e. The fourth-order valence-electron chi connectivity index (χ4n) is 3.22. The Bertz CT molecular complexity index is 790. The lowest BCUT2D eigenvalue weighted by Crippen LogP contribution is -2.40. The molecule has 0 bridgehead atoms. The standard InChI is InChI=1S/C19H23N3O3/c1-5-6-14-7-9-15(10-8-14)19(4)17(23)22(18(24)20-19)11-16-12(2)21-25-13(16)3/h7-10H,5-6,11H2,1-4H3,(H,20,24)/t19-/m0/s1. The number of hydrogen-bond donors (Lipinski definition) is 1. The van der Waals surface area contributed by atoms with Gasteiger partial charge in [-0.3, -0.25) is 9.69 Å². The van der Waals surface area contributed by atoms with E-state index in [0.29, 0.717) is 11.5 Å². The van der Waals surface area contributed by atoms with Crippen LogP contribution < -0.4 is 5.32 Å². The minimum absolute atomic E-state index is 0.162. The van der Waals surface area contributed by atoms with E-state index >= 15 is 0 Å². The van der Waals surface area contributed by atoms with E-state index in [1.807, 2.05) is 24.3 Å². The zero-order valence-corrected chi connectivity index (χ0v) is 15.0. The number of carbonyl (C=O) groups excluding carboxylic acids is 2. The molecule has 0 unspecified atom stereocenters. The Balaban J connectivity index is 1.86. The van der Waals surface area contributed by atoms with Crippen molar-refractivity contribution in [2.45, 2.75) is 52.6 Å². The van der Waals surface area contributed by atoms with Crippen molar-refractivity contribution in [1.82, 2.24) is 15.4 Å². The summed E-state index contributed by atoms with van der Waals surface area (Å²) in [6, 6.07) is 7.47. The average molecular weight is 341 g/mol. The quantitative estimate of drug-likeness (QED) is 0.847. The zero-order valence-electron chi connectivity index (χ0n) is 15.0. The second-order valence-electron chi connectivity index (χ2n) is 6.70. The van der Waals surface area contributed by atoms with E-state index in [1.165, 1.54) is 10.5 Å². The molecule has 6 heteroatoms. The van der Waals surface area contributed by atoms with E-state index in [1.54, 1.807) is 20.8 Å². The van der Waals surface area contributed by atoms with E-state index in [9.17, 15) is 9.59 Å². The molecule has 3 rings (SSSR count). The lowest BCUT2D eigenvalue weighted by atomic mass is 9.91. The van der Waals surface area contributed by atoms with E-state index in [4.69, 9.17) is 4.52 Å². The van der Waals surface area contributed by atoms with Gasteiger partial charge in [0.05, 0.1) is 12.2 Å². The van der Waals surface area contributed by atoms with Crippen LogP contribution in [0.25, 0.3) is 0 Å². The number of hydrogen-bond acceptors (Lipinski definition) is 4. The number of nitrogens with one attached hydrogen (secondary N) is 1. The summed E-state index contributed by atoms with van der Waals surface area (Å²) >= 11 is 0. The van der Waals surface area contributed by atoms with Crippen molar-refractivity contribution in [2.75, 3.05) is 0 Å². The summed E-state index contributed by atoms with van der Waals surface area (Å²) in [5, 5.41) is 6.72. The molecule has 1 saturated heterocycles. The molecule has 132 valence electrons. The topological polar surface area (TPSA) is 75.4 Å². The molecule has 0 spiro atoms. The Kier molecular flexibility index (Phi) is 4.37. The zero-order chi connectivity index (χ0) is 18.2. The summed E-state index contributed by atoms with van der Waals surface area (Å²) in [5.41, 5.74) is 2.41. The normalized spacial score (nSPS) is 20.2. The highest BCUT2D eigenvalue weighted by atomic mass is 16.5. The molecule has 0 saturated carbocycles. The number of urea groups is 1. The third-order valence-corrected chi connectivity index (χ3v) is 4.84. The van der Waals surface area contributed by atoms with Crippen molar-refractivity contribution in [3.63, 3.8) is 0 Å². The predicted molar refractivity (Wildman–Crippen MR) is 92.8 cm³/mol. The van der Waals surface area contributed by atoms with Gasteiger partial charge in [0.15, 0.2) is 0 Å². The molecule has 1 aliphatic heterocycles. The summed E-state index contributed by atoms with van der Waals surface area (Å²) in [6.07, 6.45) is 2.06. The van der Waals surface area contributed by atoms with Gasteiger partial charge in [-0.1, -0.05) is 42.8 Å². The third-order valence-electron chi connectivity index (χ3n) is 4.84. The van der Waals surface area contributed by atoms with Crippen molar-refractivity contribution in [2.24, 2.45) is 0 Å². The van der Waals surface area contributed by atoms with Crippen LogP contribution in [0, 0.1) is 13.8 Å². The number of aromatic nitrogens is 1. The number of nitrogens with zero attached hydrogens (tertiary/aromatic N) is 2. The van der Waals surface area contributed by atoms with Crippen LogP contribution in [-0.4, -0.2) is 22.0 Å². The Labute approximate surface area is 147 Å². The smallest absolute Gasteiger partial charge is 0.325 e. The van der Waals surface area contributed by atoms with Crippen molar-refractivity contribution in [3.8, 4) is 0 Å². The maximum Gasteiger partial charge on any atom is 0.325 e. The van der Waals surface area contributed by atoms with Gasteiger partial charge >= 0.3 is 6.03 Å². The van der Waals surface area contributed by atoms with Crippen LogP contribution in [0.2, 0.25) is 0 Å². The highest BCUT2D eigenvalue weighted by Crippen LogP contribution is 2.31. The molecule has 1 aromatic carbocycles. The molecular formula is C19H23N3O3. The van der Waals surface area contributed by atoms with Gasteiger partial charge < -0.3 is 9.84 Å². The van der Waals surface area contributed by atoms with Crippen LogP contribution in [-0.2, 0) is 23.3 Å². The summed E-state index contributed by atoms with van der Waals surface area (Å²) in [5.74, 6) is 0.358. The van der Waals surface area contributed by atoms with Crippen LogP contribution in [0.5, 0.6) is 0 Å². The summed E-state index contributed by atoms with van der Waals surface area (Å²) < 4.78 is 5.13. The second kappa shape index (κ2) is 6.35. The second-order valence-corrected chi connectivity index (χ2v) is 6.70. The predicted octanol–water partition coefficient (Wildman–Crippen LogP) is 3.21. The summed E-state index contributed by atoms with van der Waals surface area (Å²) in [6.45, 7) is 7.61. The van der Waals surface area contributed by atoms with Crippen molar-refractivity contribution < 1.29 is 14.1 Å². The first-order chi connectivity index (χ1) is 11.9. The Morgan fingerprint density at radius 2 is 1.88 bits per heavy atom. The van der Waals surface area contributed by atoms with Gasteiger partial charge in [0.2, 0.25) is 0 Å². The fraction of sp³-hybridized carbons (Fsp3) is 0.421. The van der Waals surface area contributed by atoms with E-state index in [0.717, 1.165) is 24.0 Å². The van der Waals surface area contributed by atoms with Gasteiger partial charge in [-0.05, 0) is 38.3 Å². The van der Waals surface area contributed by atoms with E-state index in [2.05, 4.69) is 17.4 Å². The van der Waals surface area contributed by atoms with Crippen LogP contribution >= 0.6 is 0 Å². The van der Waals surface area contributed by atoms with Gasteiger partial charge in [0.1, 0.15) is 11.3 Å². The molecule has 25 heavy (non-hydrogen) atoms. The molecule has 0 aliphatic carbocycles. The summed E-state index contributed by atoms with van der Waals surface area (Å²) in [4.78, 5) is 26.7. The lowest BCUT2D eigenvalue weighted by Gasteiger charge is -2.22. The molecular weight excluding hydrogens is 318 g/mol. The molecule has 1 fully saturated rings. The molecule has 1 N–H and O–H groups in total. The van der Waals surface area contributed by atoms with Crippen LogP contribution in [0.1, 0.15) is 48.4 Å². The Hall–Kier alpha value is -2.63. The number of benzene rings is 1. The number of carbonyl (C=O) groups is 2. The molecule has 1 aromatic heterocycles. The first kappa shape index (κ1) is 17.2. The van der Waals surface area contributed by atoms with Gasteiger partial charge in [0, 0.05) is 5.56 Å². The molecule has 1 aliphatic rings. The lowest BCUT2D eigenvalue weighted by molar-refractivity contribution is -0.131. The van der Waals surface area contributed by atoms with E-state index in [-0.39, 0.29) is 12.5 Å². The molecule has 1 atom stereocenters. The van der Waals surface area contributed by atoms with Gasteiger partial charge in [-0.2, -0.15) is 0 Å². The van der Waals surface area contributed by atoms with Crippen LogP contribution in [0.3, 0.4) is 0 Å². The number of amides is 3. The SMILES string of the molecule is CCCc1ccc([C@]2(C)NC(=O)N(Cc3c(C)noc3C)C2=O)cc1. The van der Waals surface area contributed by atoms with Gasteiger partial charge in [-0.25, -0.2) is 4.79 Å². The van der Waals surface area contributed by atoms with Gasteiger partial charge in [-0.15, -0.1) is 0 Å². The fourth-order valence-corrected chi connectivity index (χ4v) is 3.22. The monoisotopic (exact) mass is 341 g/mol. The highest BCUT2D eigenvalue weighted by Gasteiger charge is 2.49. The molecule has 0 radical (unpaired) electrons. The first-order valence-corrected chi connectivity index (χ1v) is 8.52. The summed E-state index contributed by atoms with van der Waals surface area (Å²) in [7, 11) is 0. The average Bonchev–Trinajstić information content (AvgIpc) is 3.01. The number of imide groups is 1. The minimum Gasteiger partial charge on any atom is -0.361 e. The molecule has 6 nitrogen and oxygen atoms in total. The first-order valence-electron chi connectivity index (χ1n) is 8.52. The maximum absolute atomic E-state index is 13.0. The highest BCUT2D eigenvalue weighted by molar-refractivity contribution is 6.07. The van der Waals surface area contributed by atoms with Crippen LogP contribution in [0.4, 0.5) is 4.79 Å². The Morgan fingerprint density at radius 1 is 1.20 bits per heavy atom. The molecule has 3 amide bonds. The third kappa shape index (κ3) is 2.92. The maximum atomic E-state index is 13.0. The minimum atomic E-state index is -1.05. The van der Waals surface area contributed by atoms with Crippen molar-refractivity contribution >= 4 is 11.9 Å². The molecule has 2 heterocycles. The van der Waals surface area contributed by atoms with Gasteiger partial charge in [0.25, 0.3) is 5.91 Å². The number of rotatable bonds is 5. The van der Waals surface area contributed by atoms with E-state index < -0.39 is 11.6 Å². The van der Waals surface area contributed by atoms with Crippen molar-refractivity contribution in [3.05, 3.63) is 52.4 Å². The molecule has 2 aromatic rings.